The molecule has 3 rings (SSSR count). The van der Waals surface area contributed by atoms with Crippen molar-refractivity contribution in [2.24, 2.45) is 7.05 Å². The number of benzene rings is 1. The molecule has 1 aromatic carbocycles. The third kappa shape index (κ3) is 3.68. The number of rotatable bonds is 4. The minimum absolute atomic E-state index is 0.0747. The molecule has 0 N–H and O–H groups in total. The second kappa shape index (κ2) is 7.01. The van der Waals surface area contributed by atoms with Gasteiger partial charge in [-0.1, -0.05) is 0 Å². The van der Waals surface area contributed by atoms with E-state index in [2.05, 4.69) is 20.7 Å². The molecule has 0 saturated heterocycles. The van der Waals surface area contributed by atoms with Crippen LogP contribution in [0.4, 0.5) is 17.6 Å². The first kappa shape index (κ1) is 21.1. The molecule has 1 fully saturated rings. The summed E-state index contributed by atoms with van der Waals surface area (Å²) in [7, 11) is 1.98. The maximum Gasteiger partial charge on any atom is 0.431 e. The van der Waals surface area contributed by atoms with Crippen LogP contribution >= 0.6 is 15.9 Å². The van der Waals surface area contributed by atoms with E-state index in [9.17, 15) is 31.9 Å². The maximum atomic E-state index is 14.5. The van der Waals surface area contributed by atoms with E-state index in [0.29, 0.717) is 12.8 Å². The number of hydrogen-bond donors (Lipinski definition) is 0. The monoisotopic (exact) mass is 480 g/mol. The minimum Gasteiger partial charge on any atom is -0.474 e. The first-order valence-corrected chi connectivity index (χ1v) is 8.88. The summed E-state index contributed by atoms with van der Waals surface area (Å²) in [6.07, 6.45) is -4.28. The number of halogens is 5. The number of hydrogen-bond acceptors (Lipinski definition) is 5. The van der Waals surface area contributed by atoms with Crippen molar-refractivity contribution in [3.05, 3.63) is 55.0 Å². The molecule has 12 heteroatoms. The number of esters is 1. The Labute approximate surface area is 168 Å². The smallest absolute Gasteiger partial charge is 0.431 e. The van der Waals surface area contributed by atoms with Gasteiger partial charge in [-0.25, -0.2) is 18.5 Å². The summed E-state index contributed by atoms with van der Waals surface area (Å²) >= 11 is 3.06. The van der Waals surface area contributed by atoms with Gasteiger partial charge in [0.2, 0.25) is 5.60 Å². The van der Waals surface area contributed by atoms with Crippen LogP contribution < -0.4 is 16.0 Å². The van der Waals surface area contributed by atoms with Crippen LogP contribution in [0.5, 0.6) is 5.75 Å². The van der Waals surface area contributed by atoms with Crippen molar-refractivity contribution in [3.8, 4) is 11.4 Å². The lowest BCUT2D eigenvalue weighted by molar-refractivity contribution is -0.151. The Morgan fingerprint density at radius 2 is 1.83 bits per heavy atom. The van der Waals surface area contributed by atoms with E-state index in [4.69, 9.17) is 4.74 Å². The Balaban J connectivity index is 2.16. The second-order valence-corrected chi connectivity index (χ2v) is 7.22. The van der Waals surface area contributed by atoms with Crippen molar-refractivity contribution in [3.63, 3.8) is 0 Å². The molecule has 1 aromatic heterocycles. The van der Waals surface area contributed by atoms with Gasteiger partial charge in [0, 0.05) is 32.0 Å². The topological polar surface area (TPSA) is 79.5 Å². The summed E-state index contributed by atoms with van der Waals surface area (Å²) in [4.78, 5) is 36.5. The molecule has 1 heterocycles. The highest BCUT2D eigenvalue weighted by Gasteiger charge is 2.54. The number of ether oxygens (including phenoxy) is 2. The van der Waals surface area contributed by atoms with Gasteiger partial charge in [-0.2, -0.15) is 13.2 Å². The molecular formula is C17H13BrF4N2O5. The van der Waals surface area contributed by atoms with Gasteiger partial charge in [0.15, 0.2) is 0 Å². The van der Waals surface area contributed by atoms with Crippen LogP contribution in [0.15, 0.2) is 32.3 Å². The fourth-order valence-corrected chi connectivity index (χ4v) is 3.14. The molecule has 1 saturated carbocycles. The molecule has 7 nitrogen and oxygen atoms in total. The average molecular weight is 481 g/mol. The lowest BCUT2D eigenvalue weighted by Gasteiger charge is -2.19. The number of methoxy groups -OCH3 is 1. The van der Waals surface area contributed by atoms with Crippen LogP contribution in [0.3, 0.4) is 0 Å². The van der Waals surface area contributed by atoms with Gasteiger partial charge in [-0.15, -0.1) is 0 Å². The highest BCUT2D eigenvalue weighted by molar-refractivity contribution is 9.10. The molecule has 2 aromatic rings. The third-order valence-electron chi connectivity index (χ3n) is 4.42. The number of carbonyl (C=O) groups is 1. The molecule has 0 atom stereocenters. The molecule has 0 spiro atoms. The number of nitrogens with zero attached hydrogens (tertiary/aromatic N) is 2. The fraction of sp³-hybridized carbons (Fsp3) is 0.353. The van der Waals surface area contributed by atoms with Crippen molar-refractivity contribution in [1.82, 2.24) is 9.13 Å². The molecule has 1 aliphatic rings. The summed E-state index contributed by atoms with van der Waals surface area (Å²) in [5.74, 6) is -1.80. The van der Waals surface area contributed by atoms with Crippen LogP contribution in [-0.2, 0) is 22.8 Å². The molecule has 0 bridgehead atoms. The summed E-state index contributed by atoms with van der Waals surface area (Å²) in [6, 6.07) is 2.03. The summed E-state index contributed by atoms with van der Waals surface area (Å²) in [5, 5.41) is 0. The van der Waals surface area contributed by atoms with Crippen molar-refractivity contribution in [2.45, 2.75) is 24.6 Å². The van der Waals surface area contributed by atoms with Gasteiger partial charge >= 0.3 is 17.8 Å². The van der Waals surface area contributed by atoms with Crippen LogP contribution in [0.2, 0.25) is 0 Å². The standard InChI is InChI=1S/C17H13BrF4N2O5/c1-23-12(17(20,21)22)7-13(25)24(15(23)27)10-6-11(8(18)5-9(10)19)29-16(3-4-16)14(26)28-2/h5-7H,3-4H2,1-2H3. The molecule has 0 aliphatic heterocycles. The van der Waals surface area contributed by atoms with Gasteiger partial charge < -0.3 is 9.47 Å². The zero-order valence-corrected chi connectivity index (χ0v) is 16.6. The van der Waals surface area contributed by atoms with E-state index in [1.54, 1.807) is 0 Å². The van der Waals surface area contributed by atoms with Gasteiger partial charge in [0.05, 0.1) is 17.3 Å². The highest BCUT2D eigenvalue weighted by atomic mass is 79.9. The Morgan fingerprint density at radius 1 is 1.21 bits per heavy atom. The predicted octanol–water partition coefficient (Wildman–Crippen LogP) is 2.54. The molecule has 1 aliphatic carbocycles. The average Bonchev–Trinajstić information content (AvgIpc) is 3.41. The first-order chi connectivity index (χ1) is 13.4. The lowest BCUT2D eigenvalue weighted by Crippen LogP contribution is -2.41. The SMILES string of the molecule is COC(=O)C1(Oc2cc(-n3c(=O)cc(C(F)(F)F)n(C)c3=O)c(F)cc2Br)CC1. The number of alkyl halides is 3. The van der Waals surface area contributed by atoms with E-state index in [1.807, 2.05) is 0 Å². The van der Waals surface area contributed by atoms with Crippen LogP contribution in [-0.4, -0.2) is 27.8 Å². The normalized spacial score (nSPS) is 15.1. The van der Waals surface area contributed by atoms with Crippen molar-refractivity contribution < 1.29 is 31.8 Å². The second-order valence-electron chi connectivity index (χ2n) is 6.36. The summed E-state index contributed by atoms with van der Waals surface area (Å²) in [6.45, 7) is 0. The summed E-state index contributed by atoms with van der Waals surface area (Å²) < 4.78 is 64.3. The Kier molecular flexibility index (Phi) is 5.10. The number of carbonyl (C=O) groups excluding carboxylic acids is 1. The minimum atomic E-state index is -4.95. The Bertz CT molecular complexity index is 1120. The van der Waals surface area contributed by atoms with Crippen molar-refractivity contribution in [2.75, 3.05) is 7.11 Å². The Hall–Kier alpha value is -2.63. The maximum absolute atomic E-state index is 14.5. The molecular weight excluding hydrogens is 468 g/mol. The van der Waals surface area contributed by atoms with Crippen LogP contribution in [0.1, 0.15) is 18.5 Å². The molecule has 29 heavy (non-hydrogen) atoms. The zero-order valence-electron chi connectivity index (χ0n) is 15.0. The van der Waals surface area contributed by atoms with Gasteiger partial charge in [-0.3, -0.25) is 9.36 Å². The predicted molar refractivity (Wildman–Crippen MR) is 94.5 cm³/mol. The molecule has 156 valence electrons. The van der Waals surface area contributed by atoms with Crippen LogP contribution in [0.25, 0.3) is 5.69 Å². The van der Waals surface area contributed by atoms with E-state index >= 15 is 0 Å². The van der Waals surface area contributed by atoms with Crippen molar-refractivity contribution >= 4 is 21.9 Å². The van der Waals surface area contributed by atoms with Crippen molar-refractivity contribution in [1.29, 1.82) is 0 Å². The molecule has 0 amide bonds. The molecule has 0 radical (unpaired) electrons. The largest absolute Gasteiger partial charge is 0.474 e. The van der Waals surface area contributed by atoms with Gasteiger partial charge in [0.25, 0.3) is 5.56 Å². The quantitative estimate of drug-likeness (QED) is 0.496. The van der Waals surface area contributed by atoms with Gasteiger partial charge in [0.1, 0.15) is 17.3 Å². The third-order valence-corrected chi connectivity index (χ3v) is 5.04. The van der Waals surface area contributed by atoms with E-state index < -0.39 is 46.2 Å². The van der Waals surface area contributed by atoms with E-state index in [0.717, 1.165) is 19.2 Å². The van der Waals surface area contributed by atoms with Gasteiger partial charge in [-0.05, 0) is 22.0 Å². The van der Waals surface area contributed by atoms with E-state index in [1.165, 1.54) is 7.11 Å². The summed E-state index contributed by atoms with van der Waals surface area (Å²) in [5.41, 5.74) is -6.14. The first-order valence-electron chi connectivity index (χ1n) is 8.08. The fourth-order valence-electron chi connectivity index (χ4n) is 2.75. The lowest BCUT2D eigenvalue weighted by atomic mass is 10.2. The zero-order chi connectivity index (χ0) is 21.7. The van der Waals surface area contributed by atoms with E-state index in [-0.39, 0.29) is 25.4 Å². The molecule has 0 unspecified atom stereocenters. The highest BCUT2D eigenvalue weighted by Crippen LogP contribution is 2.43. The van der Waals surface area contributed by atoms with Crippen LogP contribution in [0, 0.1) is 5.82 Å². The Morgan fingerprint density at radius 3 is 2.34 bits per heavy atom. The number of aromatic nitrogens is 2.